The van der Waals surface area contributed by atoms with Gasteiger partial charge >= 0.3 is 5.97 Å². The van der Waals surface area contributed by atoms with Gasteiger partial charge in [0.2, 0.25) is 0 Å². The van der Waals surface area contributed by atoms with Crippen LogP contribution in [0, 0.1) is 0 Å². The van der Waals surface area contributed by atoms with Gasteiger partial charge in [-0.25, -0.2) is 9.79 Å². The van der Waals surface area contributed by atoms with E-state index >= 15 is 0 Å². The number of fused-ring (bicyclic) bond motifs is 1. The number of benzene rings is 2. The number of esters is 1. The Morgan fingerprint density at radius 2 is 1.84 bits per heavy atom. The molecule has 0 fully saturated rings. The number of methoxy groups -OCH3 is 2. The normalized spacial score (nSPS) is 15.5. The molecule has 2 heterocycles. The molecule has 194 valence electrons. The number of carbonyl (C=O) groups excluding carboxylic acids is 1. The first-order chi connectivity index (χ1) is 17.5. The Morgan fingerprint density at radius 1 is 1.14 bits per heavy atom. The van der Waals surface area contributed by atoms with Crippen LogP contribution >= 0.6 is 43.2 Å². The van der Waals surface area contributed by atoms with E-state index in [0.717, 1.165) is 15.8 Å². The lowest BCUT2D eigenvalue weighted by molar-refractivity contribution is -0.143. The molecule has 0 saturated carbocycles. The highest BCUT2D eigenvalue weighted by molar-refractivity contribution is 9.10. The Kier molecular flexibility index (Phi) is 7.96. The number of phenolic OH excluding ortho intramolecular Hbond substituents is 1. The van der Waals surface area contributed by atoms with E-state index in [1.807, 2.05) is 12.1 Å². The van der Waals surface area contributed by atoms with E-state index in [4.69, 9.17) is 14.2 Å². The van der Waals surface area contributed by atoms with Crippen LogP contribution < -0.4 is 24.4 Å². The van der Waals surface area contributed by atoms with E-state index in [1.165, 1.54) is 18.8 Å². The van der Waals surface area contributed by atoms with Crippen LogP contribution in [-0.4, -0.2) is 36.0 Å². The van der Waals surface area contributed by atoms with Crippen LogP contribution in [0.5, 0.6) is 17.2 Å². The molecule has 0 saturated heterocycles. The van der Waals surface area contributed by atoms with E-state index in [0.29, 0.717) is 36.4 Å². The summed E-state index contributed by atoms with van der Waals surface area (Å²) in [4.78, 5) is 32.2. The van der Waals surface area contributed by atoms with Crippen LogP contribution in [0.15, 0.2) is 60.3 Å². The van der Waals surface area contributed by atoms with Crippen molar-refractivity contribution >= 4 is 55.2 Å². The number of hydrogen-bond acceptors (Lipinski definition) is 8. The van der Waals surface area contributed by atoms with Crippen molar-refractivity contribution in [2.45, 2.75) is 32.9 Å². The van der Waals surface area contributed by atoms with Crippen molar-refractivity contribution in [1.82, 2.24) is 4.57 Å². The molecule has 8 nitrogen and oxygen atoms in total. The summed E-state index contributed by atoms with van der Waals surface area (Å²) in [6, 6.07) is 7.86. The van der Waals surface area contributed by atoms with Gasteiger partial charge in [-0.1, -0.05) is 43.2 Å². The molecule has 37 heavy (non-hydrogen) atoms. The second-order valence-corrected chi connectivity index (χ2v) is 11.3. The van der Waals surface area contributed by atoms with Crippen LogP contribution in [0.4, 0.5) is 0 Å². The van der Waals surface area contributed by atoms with Gasteiger partial charge in [-0.2, -0.15) is 0 Å². The molecule has 11 heteroatoms. The SMILES string of the molecule is COc1ccc(Br)cc1[C@@H]1C(C(=O)OC(C)C)=C(C)N=c2s/c(=C\c3cc(Br)cc(OC)c3O)c(=O)n21. The van der Waals surface area contributed by atoms with Gasteiger partial charge < -0.3 is 19.3 Å². The molecule has 2 aromatic carbocycles. The third-order valence-corrected chi connectivity index (χ3v) is 7.58. The fraction of sp³-hybridized carbons (Fsp3) is 0.269. The van der Waals surface area contributed by atoms with E-state index in [1.54, 1.807) is 45.0 Å². The molecule has 1 aliphatic rings. The van der Waals surface area contributed by atoms with Crippen molar-refractivity contribution in [1.29, 1.82) is 0 Å². The van der Waals surface area contributed by atoms with Gasteiger partial charge in [-0.15, -0.1) is 0 Å². The number of rotatable bonds is 6. The number of phenols is 1. The lowest BCUT2D eigenvalue weighted by Crippen LogP contribution is -2.40. The number of aromatic nitrogens is 1. The summed E-state index contributed by atoms with van der Waals surface area (Å²) in [5.41, 5.74) is 1.30. The Bertz CT molecular complexity index is 1610. The quantitative estimate of drug-likeness (QED) is 0.396. The minimum atomic E-state index is -0.845. The molecule has 0 amide bonds. The van der Waals surface area contributed by atoms with Crippen molar-refractivity contribution in [3.05, 3.63) is 81.4 Å². The van der Waals surface area contributed by atoms with Gasteiger partial charge in [0, 0.05) is 20.1 Å². The number of aromatic hydroxyl groups is 1. The number of nitrogens with zero attached hydrogens (tertiary/aromatic N) is 2. The highest BCUT2D eigenvalue weighted by atomic mass is 79.9. The largest absolute Gasteiger partial charge is 0.504 e. The Labute approximate surface area is 233 Å². The zero-order valence-corrected chi connectivity index (χ0v) is 24.7. The molecule has 1 aromatic heterocycles. The first-order valence-corrected chi connectivity index (χ1v) is 13.6. The highest BCUT2D eigenvalue weighted by Gasteiger charge is 2.35. The predicted molar refractivity (Wildman–Crippen MR) is 148 cm³/mol. The van der Waals surface area contributed by atoms with Crippen molar-refractivity contribution in [3.8, 4) is 17.2 Å². The van der Waals surface area contributed by atoms with Crippen molar-refractivity contribution in [2.75, 3.05) is 14.2 Å². The summed E-state index contributed by atoms with van der Waals surface area (Å²) < 4.78 is 19.6. The lowest BCUT2D eigenvalue weighted by atomic mass is 9.95. The van der Waals surface area contributed by atoms with Gasteiger partial charge in [0.1, 0.15) is 11.8 Å². The van der Waals surface area contributed by atoms with Gasteiger partial charge in [0.15, 0.2) is 16.3 Å². The molecule has 3 aromatic rings. The minimum absolute atomic E-state index is 0.0980. The van der Waals surface area contributed by atoms with Crippen molar-refractivity contribution in [2.24, 2.45) is 4.99 Å². The monoisotopic (exact) mass is 650 g/mol. The smallest absolute Gasteiger partial charge is 0.338 e. The third kappa shape index (κ3) is 5.25. The highest BCUT2D eigenvalue weighted by Crippen LogP contribution is 2.38. The van der Waals surface area contributed by atoms with E-state index in [-0.39, 0.29) is 28.7 Å². The summed E-state index contributed by atoms with van der Waals surface area (Å²) in [6.45, 7) is 5.24. The molecule has 1 atom stereocenters. The number of halogens is 2. The zero-order chi connectivity index (χ0) is 27.0. The maximum atomic E-state index is 13.9. The van der Waals surface area contributed by atoms with Gasteiger partial charge in [-0.3, -0.25) is 9.36 Å². The van der Waals surface area contributed by atoms with E-state index in [2.05, 4.69) is 36.9 Å². The standard InChI is InChI=1S/C26H24Br2N2O6S/c1-12(2)36-25(33)21-13(3)29-26-30(22(21)17-10-15(27)6-7-18(17)34-4)24(32)20(37-26)9-14-8-16(28)11-19(35-5)23(14)31/h6-12,22,31H,1-5H3/b20-9-/t22-/m1/s1. The molecule has 0 spiro atoms. The summed E-state index contributed by atoms with van der Waals surface area (Å²) >= 11 is 8.05. The maximum Gasteiger partial charge on any atom is 0.338 e. The average molecular weight is 652 g/mol. The molecular formula is C26H24Br2N2O6S. The second kappa shape index (κ2) is 10.8. The van der Waals surface area contributed by atoms with Gasteiger partial charge in [0.25, 0.3) is 5.56 Å². The minimum Gasteiger partial charge on any atom is -0.504 e. The lowest BCUT2D eigenvalue weighted by Gasteiger charge is -2.26. The van der Waals surface area contributed by atoms with E-state index in [9.17, 15) is 14.7 Å². The van der Waals surface area contributed by atoms with Gasteiger partial charge in [-0.05, 0) is 57.2 Å². The molecule has 0 aliphatic carbocycles. The number of hydrogen-bond donors (Lipinski definition) is 1. The van der Waals surface area contributed by atoms with Crippen LogP contribution in [0.25, 0.3) is 6.08 Å². The fourth-order valence-corrected chi connectivity index (χ4v) is 5.95. The number of carbonyl (C=O) groups is 1. The molecule has 0 radical (unpaired) electrons. The first kappa shape index (κ1) is 27.2. The maximum absolute atomic E-state index is 13.9. The number of thiazole rings is 1. The number of ether oxygens (including phenoxy) is 3. The molecule has 0 unspecified atom stereocenters. The first-order valence-electron chi connectivity index (χ1n) is 11.2. The molecular weight excluding hydrogens is 628 g/mol. The summed E-state index contributed by atoms with van der Waals surface area (Å²) in [6.07, 6.45) is 1.21. The third-order valence-electron chi connectivity index (χ3n) is 5.65. The predicted octanol–water partition coefficient (Wildman–Crippen LogP) is 4.43. The molecule has 1 N–H and O–H groups in total. The van der Waals surface area contributed by atoms with Gasteiger partial charge in [0.05, 0.1) is 36.1 Å². The second-order valence-electron chi connectivity index (χ2n) is 8.47. The summed E-state index contributed by atoms with van der Waals surface area (Å²) in [5, 5.41) is 10.6. The Morgan fingerprint density at radius 3 is 2.49 bits per heavy atom. The Balaban J connectivity index is 2.02. The molecule has 4 rings (SSSR count). The van der Waals surface area contributed by atoms with Crippen molar-refractivity contribution < 1.29 is 24.1 Å². The van der Waals surface area contributed by atoms with Crippen LogP contribution in [-0.2, 0) is 9.53 Å². The van der Waals surface area contributed by atoms with E-state index < -0.39 is 12.0 Å². The summed E-state index contributed by atoms with van der Waals surface area (Å²) in [7, 11) is 2.98. The van der Waals surface area contributed by atoms with Crippen molar-refractivity contribution in [3.63, 3.8) is 0 Å². The average Bonchev–Trinajstić information content (AvgIpc) is 3.13. The molecule has 1 aliphatic heterocycles. The fourth-order valence-electron chi connectivity index (χ4n) is 4.07. The van der Waals surface area contributed by atoms with Crippen LogP contribution in [0.3, 0.4) is 0 Å². The Hall–Kier alpha value is -2.89. The van der Waals surface area contributed by atoms with Crippen LogP contribution in [0.1, 0.15) is 37.9 Å². The topological polar surface area (TPSA) is 99.4 Å². The zero-order valence-electron chi connectivity index (χ0n) is 20.7. The molecule has 0 bridgehead atoms. The number of allylic oxidation sites excluding steroid dienone is 1. The van der Waals surface area contributed by atoms with Crippen LogP contribution in [0.2, 0.25) is 0 Å². The summed E-state index contributed by atoms with van der Waals surface area (Å²) in [5.74, 6) is 0.104.